The Morgan fingerprint density at radius 3 is 2.90 bits per heavy atom. The second-order valence-corrected chi connectivity index (χ2v) is 2.13. The maximum absolute atomic E-state index is 4.00. The van der Waals surface area contributed by atoms with Gasteiger partial charge in [-0.3, -0.25) is 4.98 Å². The molecular weight excluding hydrogens is 121 g/mol. The molecule has 0 bridgehead atoms. The minimum atomic E-state index is 0.988. The molecule has 0 spiro atoms. The third-order valence-corrected chi connectivity index (χ3v) is 1.14. The molecular formula is C8H8BN. The molecule has 1 rings (SSSR count). The summed E-state index contributed by atoms with van der Waals surface area (Å²) in [6.45, 7) is 1.82. The number of rotatable bonds is 0. The van der Waals surface area contributed by atoms with Crippen LogP contribution >= 0.6 is 0 Å². The van der Waals surface area contributed by atoms with Crippen molar-refractivity contribution in [3.05, 3.63) is 24.0 Å². The molecule has 48 valence electrons. The van der Waals surface area contributed by atoms with Gasteiger partial charge >= 0.3 is 0 Å². The largest absolute Gasteiger partial charge is 0.264 e. The third-order valence-electron chi connectivity index (χ3n) is 1.14. The van der Waals surface area contributed by atoms with E-state index in [0.29, 0.717) is 0 Å². The van der Waals surface area contributed by atoms with Crippen molar-refractivity contribution in [3.8, 4) is 11.8 Å². The minimum Gasteiger partial charge on any atom is -0.264 e. The van der Waals surface area contributed by atoms with Crippen LogP contribution in [0.25, 0.3) is 0 Å². The van der Waals surface area contributed by atoms with Crippen LogP contribution in [0.2, 0.25) is 0 Å². The van der Waals surface area contributed by atoms with Crippen LogP contribution in [-0.2, 0) is 0 Å². The first kappa shape index (κ1) is 6.89. The van der Waals surface area contributed by atoms with Gasteiger partial charge in [-0.15, -0.1) is 5.92 Å². The zero-order chi connectivity index (χ0) is 7.40. The molecule has 0 saturated heterocycles. The van der Waals surface area contributed by atoms with E-state index in [1.165, 1.54) is 0 Å². The van der Waals surface area contributed by atoms with Crippen molar-refractivity contribution in [2.75, 3.05) is 0 Å². The zero-order valence-electron chi connectivity index (χ0n) is 6.18. The van der Waals surface area contributed by atoms with E-state index in [4.69, 9.17) is 0 Å². The number of aromatic nitrogens is 1. The number of nitrogens with zero attached hydrogens (tertiary/aromatic N) is 1. The smallest absolute Gasteiger partial charge is 0.141 e. The summed E-state index contributed by atoms with van der Waals surface area (Å²) in [6.07, 6.45) is 3.59. The van der Waals surface area contributed by atoms with Crippen molar-refractivity contribution in [1.82, 2.24) is 4.98 Å². The Balaban J connectivity index is 3.03. The highest BCUT2D eigenvalue weighted by molar-refractivity contribution is 6.32. The number of hydrogen-bond donors (Lipinski definition) is 0. The Hall–Kier alpha value is -1.23. The molecule has 0 aromatic carbocycles. The molecule has 1 aromatic heterocycles. The molecule has 0 radical (unpaired) electrons. The van der Waals surface area contributed by atoms with Crippen LogP contribution in [0, 0.1) is 11.8 Å². The molecule has 0 N–H and O–H groups in total. The normalized spacial score (nSPS) is 8.10. The molecule has 10 heavy (non-hydrogen) atoms. The van der Waals surface area contributed by atoms with E-state index in [1.807, 2.05) is 27.0 Å². The summed E-state index contributed by atoms with van der Waals surface area (Å²) >= 11 is 0. The molecule has 0 aliphatic heterocycles. The van der Waals surface area contributed by atoms with Gasteiger partial charge in [0.15, 0.2) is 0 Å². The fourth-order valence-corrected chi connectivity index (χ4v) is 0.768. The van der Waals surface area contributed by atoms with Crippen LogP contribution in [0.4, 0.5) is 0 Å². The molecule has 0 unspecified atom stereocenters. The molecule has 1 nitrogen and oxygen atoms in total. The van der Waals surface area contributed by atoms with Gasteiger partial charge in [0.05, 0.1) is 0 Å². The number of pyridine rings is 1. The van der Waals surface area contributed by atoms with Gasteiger partial charge in [-0.2, -0.15) is 0 Å². The topological polar surface area (TPSA) is 12.9 Å². The molecule has 1 aromatic rings. The van der Waals surface area contributed by atoms with Gasteiger partial charge in [-0.1, -0.05) is 11.4 Å². The Morgan fingerprint density at radius 1 is 1.50 bits per heavy atom. The average Bonchev–Trinajstić information content (AvgIpc) is 1.88. The lowest BCUT2D eigenvalue weighted by Crippen LogP contribution is -2.02. The highest BCUT2D eigenvalue weighted by atomic mass is 14.6. The Bertz CT molecular complexity index is 283. The van der Waals surface area contributed by atoms with Gasteiger partial charge < -0.3 is 0 Å². The molecule has 0 aliphatic carbocycles. The second kappa shape index (κ2) is 3.07. The highest BCUT2D eigenvalue weighted by Crippen LogP contribution is 1.88. The lowest BCUT2D eigenvalue weighted by atomic mass is 9.97. The van der Waals surface area contributed by atoms with Crippen molar-refractivity contribution in [2.24, 2.45) is 0 Å². The molecule has 0 aliphatic rings. The van der Waals surface area contributed by atoms with E-state index in [-0.39, 0.29) is 0 Å². The maximum Gasteiger partial charge on any atom is 0.141 e. The molecule has 0 saturated carbocycles. The zero-order valence-corrected chi connectivity index (χ0v) is 6.18. The Labute approximate surface area is 61.9 Å². The van der Waals surface area contributed by atoms with Crippen LogP contribution in [-0.4, -0.2) is 12.8 Å². The monoisotopic (exact) mass is 129 g/mol. The molecule has 1 heterocycles. The predicted molar refractivity (Wildman–Crippen MR) is 45.0 cm³/mol. The predicted octanol–water partition coefficient (Wildman–Crippen LogP) is -0.289. The molecule has 0 amide bonds. The van der Waals surface area contributed by atoms with Crippen LogP contribution in [0.1, 0.15) is 12.5 Å². The standard InChI is InChI=1S/C8H8BN/c1-2-3-7-4-8(9)6-10-5-7/h4-6H,9H2,1H3. The van der Waals surface area contributed by atoms with Crippen molar-refractivity contribution >= 4 is 13.3 Å². The fraction of sp³-hybridized carbons (Fsp3) is 0.125. The first-order valence-corrected chi connectivity index (χ1v) is 3.17. The lowest BCUT2D eigenvalue weighted by molar-refractivity contribution is 1.33. The quantitative estimate of drug-likeness (QED) is 0.346. The average molecular weight is 129 g/mol. The van der Waals surface area contributed by atoms with Crippen LogP contribution in [0.5, 0.6) is 0 Å². The Kier molecular flexibility index (Phi) is 2.12. The second-order valence-electron chi connectivity index (χ2n) is 2.13. The Morgan fingerprint density at radius 2 is 2.30 bits per heavy atom. The SMILES string of the molecule is Bc1cncc(C#CC)c1. The summed E-state index contributed by atoms with van der Waals surface area (Å²) in [5.41, 5.74) is 2.14. The van der Waals surface area contributed by atoms with E-state index in [0.717, 1.165) is 11.0 Å². The molecule has 0 fully saturated rings. The summed E-state index contributed by atoms with van der Waals surface area (Å²) in [5, 5.41) is 0. The van der Waals surface area contributed by atoms with Gasteiger partial charge in [0.2, 0.25) is 0 Å². The van der Waals surface area contributed by atoms with Crippen molar-refractivity contribution in [1.29, 1.82) is 0 Å². The molecule has 0 atom stereocenters. The number of hydrogen-bond acceptors (Lipinski definition) is 1. The van der Waals surface area contributed by atoms with Crippen LogP contribution in [0.3, 0.4) is 0 Å². The summed E-state index contributed by atoms with van der Waals surface area (Å²) in [5.74, 6) is 5.76. The fourth-order valence-electron chi connectivity index (χ4n) is 0.768. The van der Waals surface area contributed by atoms with E-state index in [9.17, 15) is 0 Å². The van der Waals surface area contributed by atoms with Crippen molar-refractivity contribution in [2.45, 2.75) is 6.92 Å². The lowest BCUT2D eigenvalue weighted by Gasteiger charge is -1.90. The first-order valence-electron chi connectivity index (χ1n) is 3.17. The van der Waals surface area contributed by atoms with E-state index < -0.39 is 0 Å². The summed E-state index contributed by atoms with van der Waals surface area (Å²) in [4.78, 5) is 4.00. The van der Waals surface area contributed by atoms with Crippen LogP contribution < -0.4 is 5.46 Å². The van der Waals surface area contributed by atoms with Gasteiger partial charge in [-0.25, -0.2) is 0 Å². The van der Waals surface area contributed by atoms with E-state index in [2.05, 4.69) is 16.8 Å². The minimum absolute atomic E-state index is 0.988. The third kappa shape index (κ3) is 1.63. The van der Waals surface area contributed by atoms with Gasteiger partial charge in [0, 0.05) is 18.0 Å². The summed E-state index contributed by atoms with van der Waals surface area (Å²) < 4.78 is 0. The van der Waals surface area contributed by atoms with Crippen molar-refractivity contribution < 1.29 is 0 Å². The van der Waals surface area contributed by atoms with Gasteiger partial charge in [0.25, 0.3) is 0 Å². The van der Waals surface area contributed by atoms with Crippen LogP contribution in [0.15, 0.2) is 18.5 Å². The first-order chi connectivity index (χ1) is 4.83. The summed E-state index contributed by atoms with van der Waals surface area (Å²) in [7, 11) is 2.01. The van der Waals surface area contributed by atoms with Crippen molar-refractivity contribution in [3.63, 3.8) is 0 Å². The van der Waals surface area contributed by atoms with Gasteiger partial charge in [0.1, 0.15) is 7.85 Å². The van der Waals surface area contributed by atoms with E-state index in [1.54, 1.807) is 6.20 Å². The maximum atomic E-state index is 4.00. The highest BCUT2D eigenvalue weighted by Gasteiger charge is 1.85. The van der Waals surface area contributed by atoms with Gasteiger partial charge in [-0.05, 0) is 13.0 Å². The summed E-state index contributed by atoms with van der Waals surface area (Å²) in [6, 6.07) is 2.02. The molecule has 2 heteroatoms. The van der Waals surface area contributed by atoms with E-state index >= 15 is 0 Å².